The second kappa shape index (κ2) is 3.32. The first-order chi connectivity index (χ1) is 6.31. The molecule has 0 spiro atoms. The molecule has 0 radical (unpaired) electrons. The highest BCUT2D eigenvalue weighted by Crippen LogP contribution is 2.27. The van der Waals surface area contributed by atoms with E-state index in [9.17, 15) is 0 Å². The van der Waals surface area contributed by atoms with Gasteiger partial charge in [0.15, 0.2) is 10.8 Å². The number of thiazole rings is 1. The van der Waals surface area contributed by atoms with Crippen LogP contribution in [0.2, 0.25) is 0 Å². The van der Waals surface area contributed by atoms with E-state index < -0.39 is 0 Å². The maximum absolute atomic E-state index is 5.47. The SMILES string of the molecule is Cc1ccoc1-c1nc(CN)cs1. The van der Waals surface area contributed by atoms with Gasteiger partial charge in [0.2, 0.25) is 0 Å². The lowest BCUT2D eigenvalue weighted by atomic mass is 10.3. The van der Waals surface area contributed by atoms with Crippen LogP contribution >= 0.6 is 11.3 Å². The summed E-state index contributed by atoms with van der Waals surface area (Å²) in [6.07, 6.45) is 1.67. The van der Waals surface area contributed by atoms with E-state index in [1.165, 1.54) is 0 Å². The molecule has 0 saturated heterocycles. The highest BCUT2D eigenvalue weighted by atomic mass is 32.1. The zero-order valence-electron chi connectivity index (χ0n) is 7.28. The van der Waals surface area contributed by atoms with Crippen molar-refractivity contribution in [3.05, 3.63) is 29.0 Å². The van der Waals surface area contributed by atoms with E-state index in [0.717, 1.165) is 22.0 Å². The van der Waals surface area contributed by atoms with Crippen LogP contribution < -0.4 is 5.73 Å². The molecule has 0 bridgehead atoms. The lowest BCUT2D eigenvalue weighted by Crippen LogP contribution is -1.95. The van der Waals surface area contributed by atoms with Gasteiger partial charge < -0.3 is 10.2 Å². The molecule has 0 aliphatic rings. The summed E-state index contributed by atoms with van der Waals surface area (Å²) in [6, 6.07) is 1.93. The van der Waals surface area contributed by atoms with Gasteiger partial charge in [-0.2, -0.15) is 0 Å². The number of hydrogen-bond donors (Lipinski definition) is 1. The summed E-state index contributed by atoms with van der Waals surface area (Å²) in [4.78, 5) is 4.33. The zero-order chi connectivity index (χ0) is 9.26. The average molecular weight is 194 g/mol. The van der Waals surface area contributed by atoms with Gasteiger partial charge in [0, 0.05) is 11.9 Å². The minimum atomic E-state index is 0.482. The molecule has 0 aromatic carbocycles. The number of nitrogens with two attached hydrogens (primary N) is 1. The Kier molecular flexibility index (Phi) is 2.16. The van der Waals surface area contributed by atoms with Gasteiger partial charge in [0.1, 0.15) is 0 Å². The summed E-state index contributed by atoms with van der Waals surface area (Å²) in [5.74, 6) is 0.852. The normalized spacial score (nSPS) is 10.6. The molecule has 13 heavy (non-hydrogen) atoms. The molecule has 0 aliphatic heterocycles. The molecular weight excluding hydrogens is 184 g/mol. The fourth-order valence-electron chi connectivity index (χ4n) is 1.10. The van der Waals surface area contributed by atoms with E-state index in [0.29, 0.717) is 6.54 Å². The van der Waals surface area contributed by atoms with Crippen molar-refractivity contribution < 1.29 is 4.42 Å². The van der Waals surface area contributed by atoms with Crippen LogP contribution in [0.3, 0.4) is 0 Å². The van der Waals surface area contributed by atoms with E-state index in [2.05, 4.69) is 4.98 Å². The Balaban J connectivity index is 2.41. The highest BCUT2D eigenvalue weighted by molar-refractivity contribution is 7.13. The predicted octanol–water partition coefficient (Wildman–Crippen LogP) is 2.17. The van der Waals surface area contributed by atoms with Crippen molar-refractivity contribution in [3.8, 4) is 10.8 Å². The fraction of sp³-hybridized carbons (Fsp3) is 0.222. The monoisotopic (exact) mass is 194 g/mol. The van der Waals surface area contributed by atoms with Crippen LogP contribution in [0.25, 0.3) is 10.8 Å². The van der Waals surface area contributed by atoms with Gasteiger partial charge in [-0.1, -0.05) is 0 Å². The standard InChI is InChI=1S/C9H10N2OS/c1-6-2-3-12-8(6)9-11-7(4-10)5-13-9/h2-3,5H,4,10H2,1H3. The third-order valence-electron chi connectivity index (χ3n) is 1.82. The zero-order valence-corrected chi connectivity index (χ0v) is 8.10. The van der Waals surface area contributed by atoms with Crippen molar-refractivity contribution in [3.63, 3.8) is 0 Å². The molecule has 0 fully saturated rings. The molecule has 2 N–H and O–H groups in total. The summed E-state index contributed by atoms with van der Waals surface area (Å²) in [5.41, 5.74) is 7.49. The Morgan fingerprint density at radius 3 is 3.00 bits per heavy atom. The molecule has 2 aromatic heterocycles. The van der Waals surface area contributed by atoms with Crippen LogP contribution in [-0.4, -0.2) is 4.98 Å². The quantitative estimate of drug-likeness (QED) is 0.797. The minimum absolute atomic E-state index is 0.482. The summed E-state index contributed by atoms with van der Waals surface area (Å²) in [6.45, 7) is 2.48. The molecule has 68 valence electrons. The third kappa shape index (κ3) is 1.50. The fourth-order valence-corrected chi connectivity index (χ4v) is 1.98. The first kappa shape index (κ1) is 8.47. The molecule has 0 saturated carbocycles. The van der Waals surface area contributed by atoms with Gasteiger partial charge in [-0.25, -0.2) is 4.98 Å². The number of hydrogen-bond acceptors (Lipinski definition) is 4. The van der Waals surface area contributed by atoms with E-state index in [1.807, 2.05) is 18.4 Å². The second-order valence-corrected chi connectivity index (χ2v) is 3.64. The van der Waals surface area contributed by atoms with Gasteiger partial charge >= 0.3 is 0 Å². The summed E-state index contributed by atoms with van der Waals surface area (Å²) >= 11 is 1.56. The number of aryl methyl sites for hydroxylation is 1. The molecule has 0 aliphatic carbocycles. The van der Waals surface area contributed by atoms with E-state index in [1.54, 1.807) is 17.6 Å². The van der Waals surface area contributed by atoms with Crippen molar-refractivity contribution in [2.45, 2.75) is 13.5 Å². The Morgan fingerprint density at radius 1 is 1.62 bits per heavy atom. The van der Waals surface area contributed by atoms with Crippen molar-refractivity contribution >= 4 is 11.3 Å². The van der Waals surface area contributed by atoms with Gasteiger partial charge in [-0.3, -0.25) is 0 Å². The molecule has 2 aromatic rings. The van der Waals surface area contributed by atoms with Crippen molar-refractivity contribution in [2.75, 3.05) is 0 Å². The topological polar surface area (TPSA) is 52.0 Å². The Morgan fingerprint density at radius 2 is 2.46 bits per heavy atom. The van der Waals surface area contributed by atoms with Crippen molar-refractivity contribution in [1.82, 2.24) is 4.98 Å². The molecule has 2 rings (SSSR count). The maximum atomic E-state index is 5.47. The van der Waals surface area contributed by atoms with E-state index in [4.69, 9.17) is 10.2 Å². The van der Waals surface area contributed by atoms with Crippen LogP contribution in [0.5, 0.6) is 0 Å². The molecule has 4 heteroatoms. The molecular formula is C9H10N2OS. The average Bonchev–Trinajstić information content (AvgIpc) is 2.71. The number of nitrogens with zero attached hydrogens (tertiary/aromatic N) is 1. The van der Waals surface area contributed by atoms with Crippen LogP contribution in [0.4, 0.5) is 0 Å². The van der Waals surface area contributed by atoms with Gasteiger partial charge in [-0.05, 0) is 18.6 Å². The van der Waals surface area contributed by atoms with E-state index in [-0.39, 0.29) is 0 Å². The number of rotatable bonds is 2. The summed E-state index contributed by atoms with van der Waals surface area (Å²) < 4.78 is 5.32. The van der Waals surface area contributed by atoms with Gasteiger partial charge in [0.05, 0.1) is 12.0 Å². The molecule has 0 unspecified atom stereocenters. The number of aromatic nitrogens is 1. The third-order valence-corrected chi connectivity index (χ3v) is 2.71. The van der Waals surface area contributed by atoms with Crippen LogP contribution in [0.1, 0.15) is 11.3 Å². The lowest BCUT2D eigenvalue weighted by Gasteiger charge is -1.90. The van der Waals surface area contributed by atoms with Crippen LogP contribution in [-0.2, 0) is 6.54 Å². The number of furan rings is 1. The molecule has 3 nitrogen and oxygen atoms in total. The summed E-state index contributed by atoms with van der Waals surface area (Å²) in [7, 11) is 0. The summed E-state index contributed by atoms with van der Waals surface area (Å²) in [5, 5.41) is 2.86. The molecule has 2 heterocycles. The molecule has 0 atom stereocenters. The first-order valence-corrected chi connectivity index (χ1v) is 4.88. The highest BCUT2D eigenvalue weighted by Gasteiger charge is 2.09. The van der Waals surface area contributed by atoms with Crippen molar-refractivity contribution in [2.24, 2.45) is 5.73 Å². The largest absolute Gasteiger partial charge is 0.462 e. The predicted molar refractivity (Wildman–Crippen MR) is 52.4 cm³/mol. The van der Waals surface area contributed by atoms with Gasteiger partial charge in [0.25, 0.3) is 0 Å². The lowest BCUT2D eigenvalue weighted by molar-refractivity contribution is 0.580. The van der Waals surface area contributed by atoms with Crippen LogP contribution in [0, 0.1) is 6.92 Å². The van der Waals surface area contributed by atoms with E-state index >= 15 is 0 Å². The van der Waals surface area contributed by atoms with Crippen LogP contribution in [0.15, 0.2) is 22.1 Å². The second-order valence-electron chi connectivity index (χ2n) is 2.78. The molecule has 0 amide bonds. The Labute approximate surface area is 80.2 Å². The van der Waals surface area contributed by atoms with Crippen molar-refractivity contribution in [1.29, 1.82) is 0 Å². The van der Waals surface area contributed by atoms with Gasteiger partial charge in [-0.15, -0.1) is 11.3 Å². The first-order valence-electron chi connectivity index (χ1n) is 4.00. The Bertz CT molecular complexity index is 405. The minimum Gasteiger partial charge on any atom is -0.462 e. The maximum Gasteiger partial charge on any atom is 0.165 e. The Hall–Kier alpha value is -1.13. The smallest absolute Gasteiger partial charge is 0.165 e.